The summed E-state index contributed by atoms with van der Waals surface area (Å²) in [7, 11) is -3.62. The third-order valence-corrected chi connectivity index (χ3v) is 4.61. The number of nitrogens with one attached hydrogen (secondary N) is 1. The van der Waals surface area contributed by atoms with Gasteiger partial charge in [0.15, 0.2) is 0 Å². The molecule has 18 heavy (non-hydrogen) atoms. The average Bonchev–Trinajstić information content (AvgIpc) is 2.55. The molecule has 98 valence electrons. The lowest BCUT2D eigenvalue weighted by atomic mass is 10.2. The van der Waals surface area contributed by atoms with E-state index in [4.69, 9.17) is 5.73 Å². The van der Waals surface area contributed by atoms with Crippen LogP contribution in [-0.4, -0.2) is 23.1 Å². The van der Waals surface area contributed by atoms with E-state index in [0.717, 1.165) is 9.54 Å². The molecule has 0 saturated carbocycles. The highest BCUT2D eigenvalue weighted by Gasteiger charge is 2.19. The van der Waals surface area contributed by atoms with Gasteiger partial charge in [0.25, 0.3) is 0 Å². The van der Waals surface area contributed by atoms with E-state index in [1.54, 1.807) is 26.0 Å². The van der Waals surface area contributed by atoms with E-state index in [1.807, 2.05) is 0 Å². The van der Waals surface area contributed by atoms with E-state index in [0.29, 0.717) is 23.1 Å². The van der Waals surface area contributed by atoms with E-state index < -0.39 is 15.7 Å². The highest BCUT2D eigenvalue weighted by molar-refractivity contribution is 7.90. The van der Waals surface area contributed by atoms with Gasteiger partial charge >= 0.3 is 5.69 Å². The molecular weight excluding hydrogens is 254 g/mol. The van der Waals surface area contributed by atoms with Crippen molar-refractivity contribution >= 4 is 26.7 Å². The van der Waals surface area contributed by atoms with Gasteiger partial charge < -0.3 is 10.7 Å². The molecule has 0 aliphatic rings. The summed E-state index contributed by atoms with van der Waals surface area (Å²) in [6.07, 6.45) is 0.454. The molecule has 2 rings (SSSR count). The molecule has 1 heterocycles. The lowest BCUT2D eigenvalue weighted by molar-refractivity contribution is 0.586. The van der Waals surface area contributed by atoms with E-state index in [1.165, 1.54) is 0 Å². The van der Waals surface area contributed by atoms with Crippen molar-refractivity contribution < 1.29 is 8.42 Å². The lowest BCUT2D eigenvalue weighted by Gasteiger charge is -2.05. The van der Waals surface area contributed by atoms with Crippen molar-refractivity contribution in [3.63, 3.8) is 0 Å². The van der Waals surface area contributed by atoms with Crippen LogP contribution in [0, 0.1) is 6.92 Å². The molecule has 1 aromatic heterocycles. The fourth-order valence-electron chi connectivity index (χ4n) is 1.88. The molecule has 0 aliphatic carbocycles. The number of nitrogens with two attached hydrogens (primary N) is 1. The van der Waals surface area contributed by atoms with Gasteiger partial charge in [-0.15, -0.1) is 0 Å². The Labute approximate surface area is 104 Å². The van der Waals surface area contributed by atoms with E-state index in [-0.39, 0.29) is 5.75 Å². The minimum absolute atomic E-state index is 0.0662. The number of aromatic nitrogens is 2. The van der Waals surface area contributed by atoms with Gasteiger partial charge in [-0.05, 0) is 31.0 Å². The molecule has 0 radical (unpaired) electrons. The van der Waals surface area contributed by atoms with Crippen LogP contribution in [-0.2, 0) is 10.0 Å². The van der Waals surface area contributed by atoms with Crippen LogP contribution in [0.15, 0.2) is 16.9 Å². The molecule has 0 saturated heterocycles. The molecule has 0 fully saturated rings. The third kappa shape index (κ3) is 1.90. The van der Waals surface area contributed by atoms with Gasteiger partial charge in [0.05, 0.1) is 16.8 Å². The number of rotatable bonds is 3. The van der Waals surface area contributed by atoms with Crippen molar-refractivity contribution in [2.24, 2.45) is 0 Å². The van der Waals surface area contributed by atoms with Crippen LogP contribution in [0.2, 0.25) is 0 Å². The van der Waals surface area contributed by atoms with E-state index >= 15 is 0 Å². The summed E-state index contributed by atoms with van der Waals surface area (Å²) in [6.45, 7) is 3.52. The van der Waals surface area contributed by atoms with Crippen LogP contribution in [0.1, 0.15) is 18.9 Å². The molecule has 0 unspecified atom stereocenters. The van der Waals surface area contributed by atoms with Crippen LogP contribution in [0.4, 0.5) is 5.69 Å². The number of fused-ring (bicyclic) bond motifs is 1. The molecule has 1 aromatic carbocycles. The Balaban J connectivity index is 2.84. The largest absolute Gasteiger partial charge is 0.398 e. The van der Waals surface area contributed by atoms with Crippen LogP contribution >= 0.6 is 0 Å². The SMILES string of the molecule is CCCS(=O)(=O)n1c(=O)[nH]c2cc(N)c(C)cc21. The molecule has 7 heteroatoms. The van der Waals surface area contributed by atoms with Gasteiger partial charge in [-0.2, -0.15) is 3.97 Å². The Morgan fingerprint density at radius 3 is 2.67 bits per heavy atom. The maximum Gasteiger partial charge on any atom is 0.340 e. The van der Waals surface area contributed by atoms with E-state index in [9.17, 15) is 13.2 Å². The molecule has 0 aliphatic heterocycles. The summed E-state index contributed by atoms with van der Waals surface area (Å²) in [5.74, 6) is -0.0662. The number of nitrogen functional groups attached to an aromatic ring is 1. The number of benzene rings is 1. The van der Waals surface area contributed by atoms with Gasteiger partial charge in [-0.25, -0.2) is 13.2 Å². The first-order valence-electron chi connectivity index (χ1n) is 5.61. The highest BCUT2D eigenvalue weighted by Crippen LogP contribution is 2.20. The molecule has 0 amide bonds. The summed E-state index contributed by atoms with van der Waals surface area (Å²) in [6, 6.07) is 3.18. The van der Waals surface area contributed by atoms with Gasteiger partial charge in [-0.1, -0.05) is 6.92 Å². The zero-order chi connectivity index (χ0) is 13.5. The van der Waals surface area contributed by atoms with Crippen molar-refractivity contribution in [1.29, 1.82) is 0 Å². The van der Waals surface area contributed by atoms with Crippen LogP contribution < -0.4 is 11.4 Å². The van der Waals surface area contributed by atoms with Gasteiger partial charge in [0.2, 0.25) is 10.0 Å². The fourth-order valence-corrected chi connectivity index (χ4v) is 3.33. The first kappa shape index (κ1) is 12.7. The van der Waals surface area contributed by atoms with Gasteiger partial charge in [0.1, 0.15) is 0 Å². The maximum absolute atomic E-state index is 12.0. The van der Waals surface area contributed by atoms with Crippen LogP contribution in [0.5, 0.6) is 0 Å². The monoisotopic (exact) mass is 269 g/mol. The topological polar surface area (TPSA) is 98.0 Å². The molecule has 2 aromatic rings. The fraction of sp³-hybridized carbons (Fsp3) is 0.364. The normalized spacial score (nSPS) is 12.1. The molecule has 0 atom stereocenters. The smallest absolute Gasteiger partial charge is 0.340 e. The summed E-state index contributed by atoms with van der Waals surface area (Å²) >= 11 is 0. The Hall–Kier alpha value is -1.76. The van der Waals surface area contributed by atoms with Gasteiger partial charge in [-0.3, -0.25) is 0 Å². The quantitative estimate of drug-likeness (QED) is 0.805. The second-order valence-electron chi connectivity index (χ2n) is 4.24. The number of aryl methyl sites for hydroxylation is 1. The Kier molecular flexibility index (Phi) is 2.94. The Morgan fingerprint density at radius 2 is 2.06 bits per heavy atom. The second kappa shape index (κ2) is 4.16. The first-order chi connectivity index (χ1) is 8.36. The number of imidazole rings is 1. The summed E-state index contributed by atoms with van der Waals surface area (Å²) in [5, 5.41) is 0. The lowest BCUT2D eigenvalue weighted by Crippen LogP contribution is -2.27. The number of nitrogens with zero attached hydrogens (tertiary/aromatic N) is 1. The van der Waals surface area contributed by atoms with Crippen molar-refractivity contribution in [3.05, 3.63) is 28.2 Å². The number of aromatic amines is 1. The van der Waals surface area contributed by atoms with Crippen molar-refractivity contribution in [2.75, 3.05) is 11.5 Å². The number of hydrogen-bond acceptors (Lipinski definition) is 4. The van der Waals surface area contributed by atoms with Crippen molar-refractivity contribution in [1.82, 2.24) is 8.96 Å². The van der Waals surface area contributed by atoms with Crippen LogP contribution in [0.25, 0.3) is 11.0 Å². The predicted octanol–water partition coefficient (Wildman–Crippen LogP) is 0.808. The van der Waals surface area contributed by atoms with Crippen molar-refractivity contribution in [2.45, 2.75) is 20.3 Å². The predicted molar refractivity (Wildman–Crippen MR) is 71.2 cm³/mol. The molecule has 0 bridgehead atoms. The maximum atomic E-state index is 12.0. The molecule has 6 nitrogen and oxygen atoms in total. The van der Waals surface area contributed by atoms with Crippen LogP contribution in [0.3, 0.4) is 0 Å². The third-order valence-electron chi connectivity index (χ3n) is 2.77. The molecule has 3 N–H and O–H groups in total. The molecule has 0 spiro atoms. The standard InChI is InChI=1S/C11H15N3O3S/c1-3-4-18(16,17)14-10-5-7(2)8(12)6-9(10)13-11(14)15/h5-6H,3-4,12H2,1-2H3,(H,13,15). The second-order valence-corrected chi connectivity index (χ2v) is 6.17. The number of H-pyrrole nitrogens is 1. The number of hydrogen-bond donors (Lipinski definition) is 2. The highest BCUT2D eigenvalue weighted by atomic mass is 32.2. The minimum Gasteiger partial charge on any atom is -0.398 e. The van der Waals surface area contributed by atoms with Crippen molar-refractivity contribution in [3.8, 4) is 0 Å². The molecular formula is C11H15N3O3S. The minimum atomic E-state index is -3.62. The summed E-state index contributed by atoms with van der Waals surface area (Å²) < 4.78 is 24.9. The summed E-state index contributed by atoms with van der Waals surface area (Å²) in [4.78, 5) is 14.3. The van der Waals surface area contributed by atoms with E-state index in [2.05, 4.69) is 4.98 Å². The zero-order valence-electron chi connectivity index (χ0n) is 10.2. The first-order valence-corrected chi connectivity index (χ1v) is 7.22. The average molecular weight is 269 g/mol. The number of anilines is 1. The summed E-state index contributed by atoms with van der Waals surface area (Å²) in [5.41, 5.74) is 7.12. The van der Waals surface area contributed by atoms with Gasteiger partial charge in [0, 0.05) is 5.69 Å². The Bertz CT molecular complexity index is 756. The Morgan fingerprint density at radius 1 is 1.39 bits per heavy atom. The zero-order valence-corrected chi connectivity index (χ0v) is 11.0.